The van der Waals surface area contributed by atoms with Crippen LogP contribution < -0.4 is 0 Å². The van der Waals surface area contributed by atoms with Gasteiger partial charge in [-0.25, -0.2) is 13.4 Å². The van der Waals surface area contributed by atoms with Gasteiger partial charge in [-0.3, -0.25) is 4.31 Å². The predicted molar refractivity (Wildman–Crippen MR) is 137 cm³/mol. The van der Waals surface area contributed by atoms with Gasteiger partial charge in [0.1, 0.15) is 6.04 Å². The summed E-state index contributed by atoms with van der Waals surface area (Å²) in [5, 5.41) is 0. The van der Waals surface area contributed by atoms with E-state index >= 15 is 0 Å². The largest absolute Gasteiger partial charge is 0.264 e. The summed E-state index contributed by atoms with van der Waals surface area (Å²) in [5.74, 6) is 0. The molecule has 1 atom stereocenters. The van der Waals surface area contributed by atoms with Crippen LogP contribution in [0.2, 0.25) is 0 Å². The Morgan fingerprint density at radius 1 is 0.676 bits per heavy atom. The Morgan fingerprint density at radius 2 is 1.21 bits per heavy atom. The third-order valence-corrected chi connectivity index (χ3v) is 7.59. The Balaban J connectivity index is 1.76. The fraction of sp³-hybridized carbons (Fsp3) is 0.0690. The Kier molecular flexibility index (Phi) is 5.86. The van der Waals surface area contributed by atoms with Crippen LogP contribution >= 0.6 is 0 Å². The summed E-state index contributed by atoms with van der Waals surface area (Å²) < 4.78 is 29.6. The number of benzene rings is 4. The lowest BCUT2D eigenvalue weighted by molar-refractivity contribution is 0.470. The maximum absolute atomic E-state index is 14.1. The first kappa shape index (κ1) is 21.9. The van der Waals surface area contributed by atoms with Crippen molar-refractivity contribution in [1.29, 1.82) is 0 Å². The third kappa shape index (κ3) is 4.18. The molecule has 0 aliphatic carbocycles. The van der Waals surface area contributed by atoms with Crippen molar-refractivity contribution >= 4 is 21.4 Å². The molecule has 4 aromatic carbocycles. The van der Waals surface area contributed by atoms with Crippen LogP contribution in [0.25, 0.3) is 5.70 Å². The zero-order chi connectivity index (χ0) is 23.5. The lowest BCUT2D eigenvalue weighted by Gasteiger charge is -2.35. The fourth-order valence-corrected chi connectivity index (χ4v) is 5.56. The second-order valence-electron chi connectivity index (χ2n) is 8.20. The maximum atomic E-state index is 14.1. The second-order valence-corrected chi connectivity index (χ2v) is 10.0. The molecule has 4 nitrogen and oxygen atoms in total. The molecule has 4 aromatic rings. The molecule has 34 heavy (non-hydrogen) atoms. The molecule has 0 bridgehead atoms. The van der Waals surface area contributed by atoms with Gasteiger partial charge in [-0.15, -0.1) is 0 Å². The molecule has 1 aliphatic rings. The highest BCUT2D eigenvalue weighted by Gasteiger charge is 2.37. The number of rotatable bonds is 5. The van der Waals surface area contributed by atoms with Gasteiger partial charge in [0.2, 0.25) is 0 Å². The van der Waals surface area contributed by atoms with Crippen LogP contribution in [0.15, 0.2) is 131 Å². The normalized spacial score (nSPS) is 16.0. The Bertz CT molecular complexity index is 1450. The first-order valence-electron chi connectivity index (χ1n) is 11.1. The van der Waals surface area contributed by atoms with Gasteiger partial charge in [0, 0.05) is 11.8 Å². The van der Waals surface area contributed by atoms with E-state index in [4.69, 9.17) is 4.99 Å². The van der Waals surface area contributed by atoms with Crippen LogP contribution in [0.3, 0.4) is 0 Å². The van der Waals surface area contributed by atoms with Gasteiger partial charge in [-0.1, -0.05) is 109 Å². The van der Waals surface area contributed by atoms with Crippen molar-refractivity contribution in [2.75, 3.05) is 0 Å². The topological polar surface area (TPSA) is 49.7 Å². The molecular formula is C29H24N2O2S. The van der Waals surface area contributed by atoms with E-state index in [1.54, 1.807) is 18.3 Å². The molecule has 0 amide bonds. The predicted octanol–water partition coefficient (Wildman–Crippen LogP) is 6.23. The van der Waals surface area contributed by atoms with E-state index in [-0.39, 0.29) is 4.90 Å². The van der Waals surface area contributed by atoms with Crippen molar-refractivity contribution in [2.24, 2.45) is 4.99 Å². The summed E-state index contributed by atoms with van der Waals surface area (Å²) in [6.07, 6.45) is 1.66. The van der Waals surface area contributed by atoms with Gasteiger partial charge < -0.3 is 0 Å². The summed E-state index contributed by atoms with van der Waals surface area (Å²) in [5.41, 5.74) is 4.87. The summed E-state index contributed by atoms with van der Waals surface area (Å²) in [6.45, 7) is 1.94. The lowest BCUT2D eigenvalue weighted by atomic mass is 9.95. The monoisotopic (exact) mass is 464 g/mol. The van der Waals surface area contributed by atoms with Crippen LogP contribution in [0, 0.1) is 6.92 Å². The van der Waals surface area contributed by atoms with Gasteiger partial charge in [0.25, 0.3) is 10.0 Å². The summed E-state index contributed by atoms with van der Waals surface area (Å²) in [7, 11) is -3.88. The number of sulfonamides is 1. The van der Waals surface area contributed by atoms with Crippen LogP contribution in [0.4, 0.5) is 0 Å². The molecule has 0 aromatic heterocycles. The average Bonchev–Trinajstić information content (AvgIpc) is 2.90. The molecule has 0 saturated heterocycles. The maximum Gasteiger partial charge on any atom is 0.264 e. The van der Waals surface area contributed by atoms with Crippen molar-refractivity contribution in [2.45, 2.75) is 17.9 Å². The minimum absolute atomic E-state index is 0.247. The first-order valence-corrected chi connectivity index (χ1v) is 12.5. The van der Waals surface area contributed by atoms with Crippen molar-refractivity contribution in [3.63, 3.8) is 0 Å². The zero-order valence-electron chi connectivity index (χ0n) is 18.7. The minimum Gasteiger partial charge on any atom is -0.258 e. The number of hydrogen-bond donors (Lipinski definition) is 0. The lowest BCUT2D eigenvalue weighted by Crippen LogP contribution is -2.38. The smallest absolute Gasteiger partial charge is 0.258 e. The second kappa shape index (κ2) is 9.12. The third-order valence-electron chi connectivity index (χ3n) is 5.85. The quantitative estimate of drug-likeness (QED) is 0.352. The summed E-state index contributed by atoms with van der Waals surface area (Å²) >= 11 is 0. The van der Waals surface area contributed by atoms with Gasteiger partial charge in [0.05, 0.1) is 16.3 Å². The van der Waals surface area contributed by atoms with Crippen molar-refractivity contribution in [3.05, 3.63) is 144 Å². The SMILES string of the molecule is Cc1ccc(S(=O)(=O)N2C=C(c3ccccc3)N=C(c3ccccc3)C2c2ccccc2)cc1. The van der Waals surface area contributed by atoms with Gasteiger partial charge in [0.15, 0.2) is 0 Å². The Labute approximate surface area is 200 Å². The summed E-state index contributed by atoms with van der Waals surface area (Å²) in [6, 6.07) is 35.5. The average molecular weight is 465 g/mol. The molecule has 168 valence electrons. The highest BCUT2D eigenvalue weighted by molar-refractivity contribution is 7.89. The molecule has 0 fully saturated rings. The van der Waals surface area contributed by atoms with Crippen LogP contribution in [0.1, 0.15) is 28.3 Å². The standard InChI is InChI=1S/C29H24N2O2S/c1-22-17-19-26(20-18-22)34(32,33)31-21-27(23-11-5-2-6-12-23)30-28(24-13-7-3-8-14-24)29(31)25-15-9-4-10-16-25/h2-21,29H,1H3. The van der Waals surface area contributed by atoms with Gasteiger partial charge in [-0.05, 0) is 30.2 Å². The number of nitrogens with zero attached hydrogens (tertiary/aromatic N) is 2. The van der Waals surface area contributed by atoms with Crippen LogP contribution in [0.5, 0.6) is 0 Å². The van der Waals surface area contributed by atoms with E-state index in [2.05, 4.69) is 0 Å². The van der Waals surface area contributed by atoms with Crippen molar-refractivity contribution in [3.8, 4) is 0 Å². The van der Waals surface area contributed by atoms with Crippen LogP contribution in [-0.2, 0) is 10.0 Å². The first-order chi connectivity index (χ1) is 16.5. The zero-order valence-corrected chi connectivity index (χ0v) is 19.6. The molecule has 5 rings (SSSR count). The number of hydrogen-bond acceptors (Lipinski definition) is 3. The van der Waals surface area contributed by atoms with E-state index in [9.17, 15) is 8.42 Å². The highest BCUT2D eigenvalue weighted by atomic mass is 32.2. The minimum atomic E-state index is -3.88. The number of aliphatic imine (C=N–C) groups is 1. The Morgan fingerprint density at radius 3 is 1.79 bits per heavy atom. The molecule has 1 unspecified atom stereocenters. The van der Waals surface area contributed by atoms with Gasteiger partial charge >= 0.3 is 0 Å². The highest BCUT2D eigenvalue weighted by Crippen LogP contribution is 2.38. The van der Waals surface area contributed by atoms with E-state index in [1.807, 2.05) is 110 Å². The molecule has 0 radical (unpaired) electrons. The molecule has 5 heteroatoms. The molecule has 0 spiro atoms. The summed E-state index contributed by atoms with van der Waals surface area (Å²) in [4.78, 5) is 5.27. The van der Waals surface area contributed by atoms with E-state index in [1.165, 1.54) is 4.31 Å². The molecule has 0 saturated carbocycles. The number of aryl methyl sites for hydroxylation is 1. The molecule has 1 heterocycles. The van der Waals surface area contributed by atoms with E-state index < -0.39 is 16.1 Å². The fourth-order valence-electron chi connectivity index (χ4n) is 4.09. The molecular weight excluding hydrogens is 440 g/mol. The molecule has 1 aliphatic heterocycles. The van der Waals surface area contributed by atoms with Crippen LogP contribution in [-0.4, -0.2) is 18.4 Å². The van der Waals surface area contributed by atoms with Crippen molar-refractivity contribution in [1.82, 2.24) is 4.31 Å². The molecule has 0 N–H and O–H groups in total. The van der Waals surface area contributed by atoms with E-state index in [0.717, 1.165) is 22.3 Å². The van der Waals surface area contributed by atoms with E-state index in [0.29, 0.717) is 11.4 Å². The van der Waals surface area contributed by atoms with Gasteiger partial charge in [-0.2, -0.15) is 0 Å². The van der Waals surface area contributed by atoms with Crippen molar-refractivity contribution < 1.29 is 8.42 Å². The Hall–Kier alpha value is -3.96.